The van der Waals surface area contributed by atoms with Gasteiger partial charge in [-0.25, -0.2) is 0 Å². The van der Waals surface area contributed by atoms with Gasteiger partial charge in [0.05, 0.1) is 0 Å². The van der Waals surface area contributed by atoms with E-state index in [1.165, 1.54) is 33.0 Å². The molecule has 3 rings (SSSR count). The summed E-state index contributed by atoms with van der Waals surface area (Å²) in [4.78, 5) is 1.23. The minimum absolute atomic E-state index is 0.323. The SMILES string of the molecule is Oc1ccc([SH+]Cc2cccc3ccccc23)cc1.[F][Sb-]([F])([F])([F])([F])[F]. The van der Waals surface area contributed by atoms with Crippen LogP contribution in [0.2, 0.25) is 0 Å². The third-order valence-corrected chi connectivity index (χ3v) is 4.32. The van der Waals surface area contributed by atoms with E-state index in [-0.39, 0.29) is 0 Å². The zero-order chi connectivity index (χ0) is 19.5. The number of rotatable bonds is 3. The van der Waals surface area contributed by atoms with Crippen LogP contribution in [0.5, 0.6) is 5.75 Å². The van der Waals surface area contributed by atoms with E-state index in [0.717, 1.165) is 5.75 Å². The summed E-state index contributed by atoms with van der Waals surface area (Å²) in [6, 6.07) is 22.4. The van der Waals surface area contributed by atoms with Gasteiger partial charge in [-0.2, -0.15) is 0 Å². The molecule has 0 saturated carbocycles. The number of aromatic hydroxyl groups is 1. The predicted molar refractivity (Wildman–Crippen MR) is 95.2 cm³/mol. The van der Waals surface area contributed by atoms with Crippen LogP contribution in [0.1, 0.15) is 5.56 Å². The number of hydrogen-bond acceptors (Lipinski definition) is 1. The third kappa shape index (κ3) is 8.72. The van der Waals surface area contributed by atoms with Crippen molar-refractivity contribution in [1.29, 1.82) is 0 Å². The van der Waals surface area contributed by atoms with Crippen LogP contribution in [0.15, 0.2) is 71.6 Å². The molecule has 0 unspecified atom stereocenters. The second-order valence-electron chi connectivity index (χ2n) is 5.43. The summed E-state index contributed by atoms with van der Waals surface area (Å²) in [5.41, 5.74) is 1.37. The molecule has 0 aliphatic heterocycles. The Morgan fingerprint density at radius 2 is 1.27 bits per heavy atom. The summed E-state index contributed by atoms with van der Waals surface area (Å²) in [6.07, 6.45) is 0. The van der Waals surface area contributed by atoms with Crippen molar-refractivity contribution in [3.63, 3.8) is 0 Å². The molecule has 0 radical (unpaired) electrons. The second kappa shape index (κ2) is 6.89. The van der Waals surface area contributed by atoms with Gasteiger partial charge in [-0.1, -0.05) is 42.5 Å². The minimum atomic E-state index is -11.2. The van der Waals surface area contributed by atoms with Crippen molar-refractivity contribution < 1.29 is 22.0 Å². The Bertz CT molecular complexity index is 878. The quantitative estimate of drug-likeness (QED) is 0.200. The Hall–Kier alpha value is -1.53. The summed E-state index contributed by atoms with van der Waals surface area (Å²) in [7, 11) is 0. The predicted octanol–water partition coefficient (Wildman–Crippen LogP) is 6.06. The molecule has 1 N–H and O–H groups in total. The molecule has 26 heavy (non-hydrogen) atoms. The molecule has 0 atom stereocenters. The van der Waals surface area contributed by atoms with Crippen molar-refractivity contribution in [3.8, 4) is 5.75 Å². The summed E-state index contributed by atoms with van der Waals surface area (Å²) < 4.78 is 59.6. The molecule has 0 heterocycles. The van der Waals surface area contributed by atoms with Crippen LogP contribution in [-0.4, -0.2) is 24.6 Å². The fraction of sp³-hybridized carbons (Fsp3) is 0.0588. The number of fused-ring (bicyclic) bond motifs is 1. The Balaban J connectivity index is 0.000000298. The monoisotopic (exact) mass is 502 g/mol. The summed E-state index contributed by atoms with van der Waals surface area (Å²) in [5, 5.41) is 11.9. The Kier molecular flexibility index (Phi) is 5.51. The maximum absolute atomic E-state index is 11.2. The average Bonchev–Trinajstić information content (AvgIpc) is 2.51. The van der Waals surface area contributed by atoms with Crippen molar-refractivity contribution >= 4 is 42.0 Å². The van der Waals surface area contributed by atoms with E-state index >= 15 is 0 Å². The molecule has 142 valence electrons. The molecule has 3 aromatic carbocycles. The molecule has 9 heteroatoms. The van der Waals surface area contributed by atoms with E-state index in [2.05, 4.69) is 42.5 Å². The van der Waals surface area contributed by atoms with Crippen molar-refractivity contribution in [1.82, 2.24) is 0 Å². The molecule has 1 nitrogen and oxygen atoms in total. The van der Waals surface area contributed by atoms with E-state index in [0.29, 0.717) is 5.75 Å². The van der Waals surface area contributed by atoms with E-state index in [1.54, 1.807) is 12.1 Å². The van der Waals surface area contributed by atoms with E-state index < -0.39 is 19.5 Å². The number of benzene rings is 3. The number of phenols is 1. The fourth-order valence-corrected chi connectivity index (χ4v) is 3.15. The first-order valence-electron chi connectivity index (χ1n) is 7.27. The molecule has 0 fully saturated rings. The first-order chi connectivity index (χ1) is 11.8. The van der Waals surface area contributed by atoms with Gasteiger partial charge in [0.2, 0.25) is 0 Å². The summed E-state index contributed by atoms with van der Waals surface area (Å²) in [5.74, 6) is 1.32. The first-order valence-corrected chi connectivity index (χ1v) is 14.1. The van der Waals surface area contributed by atoms with Crippen LogP contribution >= 0.6 is 0 Å². The Labute approximate surface area is 152 Å². The number of halogens is 6. The van der Waals surface area contributed by atoms with Gasteiger partial charge >= 0.3 is 36.4 Å². The zero-order valence-corrected chi connectivity index (χ0v) is 16.6. The molecule has 0 amide bonds. The molecular formula is C17H15F6OSSb. The topological polar surface area (TPSA) is 20.2 Å². The van der Waals surface area contributed by atoms with Crippen molar-refractivity contribution in [2.24, 2.45) is 0 Å². The van der Waals surface area contributed by atoms with Crippen LogP contribution in [0.3, 0.4) is 0 Å². The van der Waals surface area contributed by atoms with Gasteiger partial charge in [-0.05, 0) is 35.0 Å². The summed E-state index contributed by atoms with van der Waals surface area (Å²) in [6.45, 7) is 0. The van der Waals surface area contributed by atoms with Crippen molar-refractivity contribution in [3.05, 3.63) is 72.3 Å². The Morgan fingerprint density at radius 1 is 0.731 bits per heavy atom. The maximum atomic E-state index is 9.93. The van der Waals surface area contributed by atoms with Gasteiger partial charge in [0.1, 0.15) is 11.5 Å². The van der Waals surface area contributed by atoms with Gasteiger partial charge in [0, 0.05) is 17.3 Å². The molecule has 0 saturated heterocycles. The second-order valence-corrected chi connectivity index (χ2v) is 12.0. The number of phenolic OH excluding ortho intramolecular Hbond substituents is 1. The van der Waals surface area contributed by atoms with Crippen LogP contribution in [0, 0.1) is 0 Å². The van der Waals surface area contributed by atoms with Gasteiger partial charge in [0.15, 0.2) is 4.90 Å². The van der Waals surface area contributed by atoms with Crippen molar-refractivity contribution in [2.45, 2.75) is 10.6 Å². The fourth-order valence-electron chi connectivity index (χ4n) is 2.16. The van der Waals surface area contributed by atoms with Gasteiger partial charge in [0.25, 0.3) is 0 Å². The van der Waals surface area contributed by atoms with E-state index in [1.807, 2.05) is 12.1 Å². The van der Waals surface area contributed by atoms with Crippen LogP contribution in [0.4, 0.5) is 16.9 Å². The molecular weight excluding hydrogens is 488 g/mol. The van der Waals surface area contributed by atoms with Gasteiger partial charge < -0.3 is 5.11 Å². The Morgan fingerprint density at radius 3 is 1.88 bits per heavy atom. The first kappa shape index (κ1) is 20.8. The van der Waals surface area contributed by atoms with E-state index in [4.69, 9.17) is 0 Å². The van der Waals surface area contributed by atoms with Crippen LogP contribution in [0.25, 0.3) is 10.8 Å². The van der Waals surface area contributed by atoms with Gasteiger partial charge in [-0.15, -0.1) is 0 Å². The van der Waals surface area contributed by atoms with Crippen LogP contribution < -0.4 is 0 Å². The van der Waals surface area contributed by atoms with Crippen LogP contribution in [-0.2, 0) is 17.5 Å². The normalized spacial score (nSPS) is 14.1. The molecule has 0 bridgehead atoms. The third-order valence-electron chi connectivity index (χ3n) is 3.16. The van der Waals surface area contributed by atoms with Crippen molar-refractivity contribution in [2.75, 3.05) is 0 Å². The molecule has 0 aliphatic carbocycles. The molecule has 0 spiro atoms. The zero-order valence-electron chi connectivity index (χ0n) is 13.2. The standard InChI is InChI=1S/C17H14OS.6FH.Sb/c18-15-8-10-16(11-9-15)19-12-14-6-3-5-13-4-1-2-7-17(13)14;;;;;;;/h1-11,18H,12H2;6*1H;/q;;;;;;;+5/p-5. The number of hydrogen-bond donors (Lipinski definition) is 1. The van der Waals surface area contributed by atoms with Gasteiger partial charge in [-0.3, -0.25) is 0 Å². The van der Waals surface area contributed by atoms with E-state index in [9.17, 15) is 22.0 Å². The number of thiol groups is 1. The molecule has 0 aliphatic rings. The summed E-state index contributed by atoms with van der Waals surface area (Å²) >= 11 is -9.99. The average molecular weight is 503 g/mol. The molecule has 0 aromatic heterocycles. The molecule has 3 aromatic rings.